The molecule has 16 heavy (non-hydrogen) atoms. The Bertz CT molecular complexity index is 334. The molecule has 2 saturated carbocycles. The molecule has 4 bridgehead atoms. The lowest BCUT2D eigenvalue weighted by atomic mass is 9.65. The molecule has 3 fully saturated rings. The first-order valence-corrected chi connectivity index (χ1v) is 6.67. The largest absolute Gasteiger partial charge is 0.459 e. The van der Waals surface area contributed by atoms with Crippen LogP contribution in [0.4, 0.5) is 0 Å². The lowest BCUT2D eigenvalue weighted by Crippen LogP contribution is -2.50. The van der Waals surface area contributed by atoms with Crippen molar-refractivity contribution in [2.24, 2.45) is 23.2 Å². The van der Waals surface area contributed by atoms with E-state index in [1.165, 1.54) is 19.3 Å². The van der Waals surface area contributed by atoms with Crippen LogP contribution in [0.2, 0.25) is 0 Å². The summed E-state index contributed by atoms with van der Waals surface area (Å²) in [5.74, 6) is 1.48. The average molecular weight is 222 g/mol. The molecule has 1 heterocycles. The van der Waals surface area contributed by atoms with Crippen molar-refractivity contribution in [3.63, 3.8) is 0 Å². The van der Waals surface area contributed by atoms with Crippen LogP contribution in [0.5, 0.6) is 0 Å². The summed E-state index contributed by atoms with van der Waals surface area (Å²) >= 11 is 0. The fraction of sp³-hybridized carbons (Fsp3) is 0.929. The van der Waals surface area contributed by atoms with Crippen molar-refractivity contribution in [3.8, 4) is 0 Å². The summed E-state index contributed by atoms with van der Waals surface area (Å²) in [4.78, 5) is 12.1. The normalized spacial score (nSPS) is 49.7. The molecule has 0 aromatic carbocycles. The predicted molar refractivity (Wildman–Crippen MR) is 61.8 cm³/mol. The maximum absolute atomic E-state index is 12.1. The van der Waals surface area contributed by atoms with Crippen molar-refractivity contribution in [2.75, 3.05) is 0 Å². The summed E-state index contributed by atoms with van der Waals surface area (Å²) in [5, 5.41) is 0. The van der Waals surface area contributed by atoms with Gasteiger partial charge < -0.3 is 4.74 Å². The van der Waals surface area contributed by atoms with E-state index < -0.39 is 0 Å². The predicted octanol–water partition coefficient (Wildman–Crippen LogP) is 3.15. The first-order chi connectivity index (χ1) is 7.44. The lowest BCUT2D eigenvalue weighted by Gasteiger charge is -2.46. The topological polar surface area (TPSA) is 26.3 Å². The van der Waals surface area contributed by atoms with E-state index in [4.69, 9.17) is 4.74 Å². The fourth-order valence-corrected chi connectivity index (χ4v) is 4.72. The van der Waals surface area contributed by atoms with Gasteiger partial charge in [0.2, 0.25) is 0 Å². The standard InChI is InChI=1S/C14H22O2/c1-13(2)7-4-8-14(3)10-6-5-9(11(10)13)12(15)16-14/h9-11H,4-8H2,1-3H3. The van der Waals surface area contributed by atoms with Crippen LogP contribution in [0.1, 0.15) is 52.9 Å². The molecule has 0 amide bonds. The van der Waals surface area contributed by atoms with Gasteiger partial charge in [-0.25, -0.2) is 0 Å². The summed E-state index contributed by atoms with van der Waals surface area (Å²) in [5.41, 5.74) is 0.172. The van der Waals surface area contributed by atoms with Gasteiger partial charge in [0.15, 0.2) is 0 Å². The molecule has 90 valence electrons. The Morgan fingerprint density at radius 2 is 1.94 bits per heavy atom. The second-order valence-electron chi connectivity index (χ2n) is 6.89. The Kier molecular flexibility index (Phi) is 2.01. The zero-order valence-electron chi connectivity index (χ0n) is 10.6. The van der Waals surface area contributed by atoms with E-state index in [0.29, 0.717) is 17.3 Å². The Hall–Kier alpha value is -0.530. The highest BCUT2D eigenvalue weighted by atomic mass is 16.6. The van der Waals surface area contributed by atoms with Gasteiger partial charge >= 0.3 is 5.97 Å². The van der Waals surface area contributed by atoms with E-state index in [0.717, 1.165) is 12.8 Å². The smallest absolute Gasteiger partial charge is 0.309 e. The van der Waals surface area contributed by atoms with Crippen LogP contribution in [0.3, 0.4) is 0 Å². The highest BCUT2D eigenvalue weighted by Crippen LogP contribution is 2.60. The van der Waals surface area contributed by atoms with Gasteiger partial charge in [0.1, 0.15) is 5.60 Å². The van der Waals surface area contributed by atoms with Crippen LogP contribution >= 0.6 is 0 Å². The van der Waals surface area contributed by atoms with Crippen molar-refractivity contribution in [1.29, 1.82) is 0 Å². The molecule has 3 aliphatic rings. The minimum Gasteiger partial charge on any atom is -0.459 e. The molecule has 0 N–H and O–H groups in total. The fourth-order valence-electron chi connectivity index (χ4n) is 4.72. The Morgan fingerprint density at radius 3 is 2.69 bits per heavy atom. The molecule has 4 atom stereocenters. The number of carbonyl (C=O) groups excluding carboxylic acids is 1. The Balaban J connectivity index is 2.08. The third kappa shape index (κ3) is 1.22. The van der Waals surface area contributed by atoms with Gasteiger partial charge in [-0.3, -0.25) is 4.79 Å². The van der Waals surface area contributed by atoms with Gasteiger partial charge in [-0.15, -0.1) is 0 Å². The maximum Gasteiger partial charge on any atom is 0.309 e. The van der Waals surface area contributed by atoms with Gasteiger partial charge in [0.05, 0.1) is 5.92 Å². The molecule has 1 aliphatic heterocycles. The van der Waals surface area contributed by atoms with Gasteiger partial charge in [-0.05, 0) is 50.4 Å². The lowest BCUT2D eigenvalue weighted by molar-refractivity contribution is -0.187. The zero-order valence-corrected chi connectivity index (χ0v) is 10.6. The van der Waals surface area contributed by atoms with Crippen LogP contribution in [-0.4, -0.2) is 11.6 Å². The van der Waals surface area contributed by atoms with E-state index in [1.54, 1.807) is 0 Å². The highest BCUT2D eigenvalue weighted by molar-refractivity contribution is 5.75. The maximum atomic E-state index is 12.1. The molecule has 1 saturated heterocycles. The van der Waals surface area contributed by atoms with Gasteiger partial charge in [0.25, 0.3) is 0 Å². The summed E-state index contributed by atoms with van der Waals surface area (Å²) < 4.78 is 5.77. The molecule has 4 unspecified atom stereocenters. The molecule has 2 heteroatoms. The number of ether oxygens (including phenoxy) is 1. The van der Waals surface area contributed by atoms with Crippen molar-refractivity contribution in [2.45, 2.75) is 58.5 Å². The molecule has 0 spiro atoms. The molecular weight excluding hydrogens is 200 g/mol. The third-order valence-corrected chi connectivity index (χ3v) is 5.47. The van der Waals surface area contributed by atoms with Crippen LogP contribution in [-0.2, 0) is 9.53 Å². The van der Waals surface area contributed by atoms with E-state index >= 15 is 0 Å². The highest BCUT2D eigenvalue weighted by Gasteiger charge is 2.60. The van der Waals surface area contributed by atoms with Crippen LogP contribution in [0.25, 0.3) is 0 Å². The summed E-state index contributed by atoms with van der Waals surface area (Å²) in [6.45, 7) is 6.88. The van der Waals surface area contributed by atoms with Crippen molar-refractivity contribution < 1.29 is 9.53 Å². The minimum absolute atomic E-state index is 0.0937. The Morgan fingerprint density at radius 1 is 1.19 bits per heavy atom. The van der Waals surface area contributed by atoms with Crippen molar-refractivity contribution in [1.82, 2.24) is 0 Å². The second-order valence-corrected chi connectivity index (χ2v) is 6.89. The third-order valence-electron chi connectivity index (χ3n) is 5.47. The van der Waals surface area contributed by atoms with Crippen molar-refractivity contribution >= 4 is 5.97 Å². The molecule has 3 rings (SSSR count). The number of hydrogen-bond donors (Lipinski definition) is 0. The SMILES string of the molecule is CC1(C)CCCC2(C)OC(=O)C3CCC2C31. The first kappa shape index (κ1) is 10.6. The number of hydrogen-bond acceptors (Lipinski definition) is 2. The summed E-state index contributed by atoms with van der Waals surface area (Å²) in [6, 6.07) is 0. The van der Waals surface area contributed by atoms with Crippen LogP contribution in [0, 0.1) is 23.2 Å². The van der Waals surface area contributed by atoms with E-state index in [1.807, 2.05) is 0 Å². The molecule has 0 aromatic rings. The van der Waals surface area contributed by atoms with Crippen LogP contribution in [0.15, 0.2) is 0 Å². The average Bonchev–Trinajstić information content (AvgIpc) is 2.53. The zero-order chi connectivity index (χ0) is 11.6. The Labute approximate surface area is 97.7 Å². The monoisotopic (exact) mass is 222 g/mol. The molecule has 0 radical (unpaired) electrons. The van der Waals surface area contributed by atoms with Crippen LogP contribution < -0.4 is 0 Å². The molecule has 0 aromatic heterocycles. The first-order valence-electron chi connectivity index (χ1n) is 6.67. The van der Waals surface area contributed by atoms with Gasteiger partial charge in [-0.2, -0.15) is 0 Å². The number of carbonyl (C=O) groups is 1. The molecule has 2 aliphatic carbocycles. The summed E-state index contributed by atoms with van der Waals surface area (Å²) in [7, 11) is 0. The van der Waals surface area contributed by atoms with E-state index in [-0.39, 0.29) is 17.5 Å². The number of rotatable bonds is 0. The summed E-state index contributed by atoms with van der Waals surface area (Å²) in [6.07, 6.45) is 5.78. The number of esters is 1. The molecular formula is C14H22O2. The minimum atomic E-state index is -0.150. The second kappa shape index (κ2) is 3.02. The van der Waals surface area contributed by atoms with E-state index in [9.17, 15) is 4.79 Å². The van der Waals surface area contributed by atoms with E-state index in [2.05, 4.69) is 20.8 Å². The van der Waals surface area contributed by atoms with Crippen molar-refractivity contribution in [3.05, 3.63) is 0 Å². The van der Waals surface area contributed by atoms with Gasteiger partial charge in [-0.1, -0.05) is 13.8 Å². The molecule has 2 nitrogen and oxygen atoms in total. The quantitative estimate of drug-likeness (QED) is 0.588. The van der Waals surface area contributed by atoms with Gasteiger partial charge in [0, 0.05) is 5.92 Å².